The number of cyclic esters (lactones) is 1. The first-order valence-corrected chi connectivity index (χ1v) is 10.8. The van der Waals surface area contributed by atoms with Gasteiger partial charge >= 0.3 is 6.09 Å². The van der Waals surface area contributed by atoms with Gasteiger partial charge in [-0.1, -0.05) is 17.7 Å². The summed E-state index contributed by atoms with van der Waals surface area (Å²) in [6.07, 6.45) is 0.104. The average Bonchev–Trinajstić information content (AvgIpc) is 2.70. The summed E-state index contributed by atoms with van der Waals surface area (Å²) in [5.41, 5.74) is 1.12. The average molecular weight is 443 g/mol. The summed E-state index contributed by atoms with van der Waals surface area (Å²) in [6.45, 7) is 0.183. The number of halogens is 3. The molecule has 6 nitrogen and oxygen atoms in total. The molecule has 0 N–H and O–H groups in total. The number of carbonyl (C=O) groups excluding carboxylic acids is 1. The number of amides is 1. The largest absolute Gasteiger partial charge is 0.444 e. The lowest BCUT2D eigenvalue weighted by atomic mass is 10.0. The minimum absolute atomic E-state index is 0.0102. The van der Waals surface area contributed by atoms with Crippen molar-refractivity contribution in [3.05, 3.63) is 58.6 Å². The van der Waals surface area contributed by atoms with E-state index in [1.165, 1.54) is 45.6 Å². The van der Waals surface area contributed by atoms with Crippen LogP contribution in [0.15, 0.2) is 41.3 Å². The summed E-state index contributed by atoms with van der Waals surface area (Å²) in [4.78, 5) is 13.3. The Morgan fingerprint density at radius 3 is 2.55 bits per heavy atom. The quantitative estimate of drug-likeness (QED) is 0.722. The van der Waals surface area contributed by atoms with Gasteiger partial charge in [-0.05, 0) is 43.2 Å². The van der Waals surface area contributed by atoms with Crippen LogP contribution in [0.3, 0.4) is 0 Å². The van der Waals surface area contributed by atoms with Gasteiger partial charge in [0.2, 0.25) is 10.0 Å². The van der Waals surface area contributed by atoms with Crippen LogP contribution in [0.2, 0.25) is 5.02 Å². The molecule has 2 aliphatic rings. The highest BCUT2D eigenvalue weighted by Gasteiger charge is 2.38. The maximum atomic E-state index is 14.2. The first-order chi connectivity index (χ1) is 13.8. The monoisotopic (exact) mass is 442 g/mol. The second-order valence-electron chi connectivity index (χ2n) is 6.88. The van der Waals surface area contributed by atoms with E-state index in [0.717, 1.165) is 0 Å². The molecular formula is C19H17ClF2N2O4S. The fourth-order valence-corrected chi connectivity index (χ4v) is 5.51. The molecule has 0 spiro atoms. The molecule has 29 heavy (non-hydrogen) atoms. The molecule has 0 aliphatic carbocycles. The van der Waals surface area contributed by atoms with E-state index in [1.807, 2.05) is 0 Å². The smallest absolute Gasteiger partial charge is 0.414 e. The Kier molecular flexibility index (Phi) is 5.22. The van der Waals surface area contributed by atoms with Crippen molar-refractivity contribution < 1.29 is 26.7 Å². The number of rotatable bonds is 3. The van der Waals surface area contributed by atoms with Crippen molar-refractivity contribution in [1.29, 1.82) is 0 Å². The zero-order chi connectivity index (χ0) is 20.8. The number of hydrogen-bond acceptors (Lipinski definition) is 4. The molecule has 1 saturated heterocycles. The number of nitrogens with zero attached hydrogens (tertiary/aromatic N) is 2. The third-order valence-corrected chi connectivity index (χ3v) is 7.38. The van der Waals surface area contributed by atoms with E-state index in [4.69, 9.17) is 16.3 Å². The van der Waals surface area contributed by atoms with E-state index in [0.29, 0.717) is 24.1 Å². The normalized spacial score (nSPS) is 18.4. The number of carbonyl (C=O) groups is 1. The SMILES string of the molecule is O=C1OCc2cc(F)ccc2N1C1CCN(S(=O)(=O)c2cccc(Cl)c2F)CC1. The molecule has 2 aromatic carbocycles. The van der Waals surface area contributed by atoms with Crippen molar-refractivity contribution >= 4 is 33.4 Å². The van der Waals surface area contributed by atoms with Crippen molar-refractivity contribution in [3.63, 3.8) is 0 Å². The van der Waals surface area contributed by atoms with Gasteiger partial charge in [-0.25, -0.2) is 22.0 Å². The van der Waals surface area contributed by atoms with Crippen LogP contribution >= 0.6 is 11.6 Å². The Morgan fingerprint density at radius 2 is 1.83 bits per heavy atom. The molecule has 10 heteroatoms. The minimum atomic E-state index is -4.06. The van der Waals surface area contributed by atoms with Crippen molar-refractivity contribution in [3.8, 4) is 0 Å². The minimum Gasteiger partial charge on any atom is -0.444 e. The van der Waals surface area contributed by atoms with Gasteiger partial charge in [0.15, 0.2) is 5.82 Å². The molecule has 1 fully saturated rings. The molecule has 2 heterocycles. The van der Waals surface area contributed by atoms with Gasteiger partial charge in [-0.2, -0.15) is 4.31 Å². The number of benzene rings is 2. The first-order valence-electron chi connectivity index (χ1n) is 8.97. The van der Waals surface area contributed by atoms with Gasteiger partial charge in [0.05, 0.1) is 10.7 Å². The first kappa shape index (κ1) is 20.1. The highest BCUT2D eigenvalue weighted by molar-refractivity contribution is 7.89. The summed E-state index contributed by atoms with van der Waals surface area (Å²) in [6, 6.07) is 7.63. The number of sulfonamides is 1. The third-order valence-electron chi connectivity index (χ3n) is 5.17. The Bertz CT molecular complexity index is 1070. The highest BCUT2D eigenvalue weighted by atomic mass is 35.5. The lowest BCUT2D eigenvalue weighted by Crippen LogP contribution is -2.50. The summed E-state index contributed by atoms with van der Waals surface area (Å²) in [7, 11) is -4.06. The molecule has 0 unspecified atom stereocenters. The Labute approximate surface area is 171 Å². The van der Waals surface area contributed by atoms with Gasteiger partial charge in [0.1, 0.15) is 17.3 Å². The predicted octanol–water partition coefficient (Wildman–Crippen LogP) is 3.93. The third kappa shape index (κ3) is 3.58. The van der Waals surface area contributed by atoms with Gasteiger partial charge < -0.3 is 4.74 Å². The zero-order valence-corrected chi connectivity index (χ0v) is 16.7. The van der Waals surface area contributed by atoms with E-state index < -0.39 is 32.6 Å². The molecule has 0 radical (unpaired) electrons. The molecule has 2 aliphatic heterocycles. The maximum absolute atomic E-state index is 14.2. The molecular weight excluding hydrogens is 426 g/mol. The molecule has 0 aromatic heterocycles. The van der Waals surface area contributed by atoms with Crippen LogP contribution in [0.1, 0.15) is 18.4 Å². The van der Waals surface area contributed by atoms with Crippen LogP contribution in [-0.2, 0) is 21.4 Å². The van der Waals surface area contributed by atoms with Crippen LogP contribution in [0.25, 0.3) is 0 Å². The van der Waals surface area contributed by atoms with E-state index in [2.05, 4.69) is 0 Å². The van der Waals surface area contributed by atoms with Crippen LogP contribution in [0, 0.1) is 11.6 Å². The van der Waals surface area contributed by atoms with Crippen LogP contribution < -0.4 is 4.90 Å². The van der Waals surface area contributed by atoms with Gasteiger partial charge in [0.25, 0.3) is 0 Å². The zero-order valence-electron chi connectivity index (χ0n) is 15.1. The van der Waals surface area contributed by atoms with Crippen LogP contribution in [0.4, 0.5) is 19.3 Å². The van der Waals surface area contributed by atoms with E-state index >= 15 is 0 Å². The molecule has 0 saturated carbocycles. The van der Waals surface area contributed by atoms with Crippen molar-refractivity contribution in [2.75, 3.05) is 18.0 Å². The summed E-state index contributed by atoms with van der Waals surface area (Å²) >= 11 is 5.72. The Hall–Kier alpha value is -2.23. The summed E-state index contributed by atoms with van der Waals surface area (Å²) in [5, 5.41) is -0.263. The van der Waals surface area contributed by atoms with Gasteiger partial charge in [-0.15, -0.1) is 0 Å². The van der Waals surface area contributed by atoms with Crippen molar-refractivity contribution in [2.24, 2.45) is 0 Å². The van der Waals surface area contributed by atoms with Gasteiger partial charge in [-0.3, -0.25) is 4.90 Å². The molecule has 154 valence electrons. The number of anilines is 1. The summed E-state index contributed by atoms with van der Waals surface area (Å²) in [5.74, 6) is -1.40. The van der Waals surface area contributed by atoms with Crippen molar-refractivity contribution in [2.45, 2.75) is 30.4 Å². The van der Waals surface area contributed by atoms with E-state index in [9.17, 15) is 22.0 Å². The highest BCUT2D eigenvalue weighted by Crippen LogP contribution is 2.34. The molecule has 0 bridgehead atoms. The standard InChI is InChI=1S/C19H17ClF2N2O4S/c20-15-2-1-3-17(18(15)22)29(26,27)23-8-6-14(7-9-23)24-16-5-4-13(21)10-12(16)11-28-19(24)25/h1-5,10,14H,6-9,11H2. The fourth-order valence-electron chi connectivity index (χ4n) is 3.72. The number of ether oxygens (including phenoxy) is 1. The topological polar surface area (TPSA) is 66.9 Å². The van der Waals surface area contributed by atoms with E-state index in [1.54, 1.807) is 0 Å². The lowest BCUT2D eigenvalue weighted by molar-refractivity contribution is 0.135. The number of hydrogen-bond donors (Lipinski definition) is 0. The molecule has 4 rings (SSSR count). The number of piperidine rings is 1. The Balaban J connectivity index is 1.54. The Morgan fingerprint density at radius 1 is 1.10 bits per heavy atom. The maximum Gasteiger partial charge on any atom is 0.414 e. The predicted molar refractivity (Wildman–Crippen MR) is 102 cm³/mol. The van der Waals surface area contributed by atoms with Crippen molar-refractivity contribution in [1.82, 2.24) is 4.31 Å². The second kappa shape index (κ2) is 7.55. The summed E-state index contributed by atoms with van der Waals surface area (Å²) < 4.78 is 59.7. The second-order valence-corrected chi connectivity index (χ2v) is 9.20. The van der Waals surface area contributed by atoms with Gasteiger partial charge in [0, 0.05) is 24.7 Å². The van der Waals surface area contributed by atoms with Crippen LogP contribution in [-0.4, -0.2) is 37.9 Å². The lowest BCUT2D eigenvalue weighted by Gasteiger charge is -2.39. The van der Waals surface area contributed by atoms with Crippen LogP contribution in [0.5, 0.6) is 0 Å². The van der Waals surface area contributed by atoms with E-state index in [-0.39, 0.29) is 30.8 Å². The molecule has 1 amide bonds. The fraction of sp³-hybridized carbons (Fsp3) is 0.316. The molecule has 0 atom stereocenters. The molecule has 2 aromatic rings. The number of fused-ring (bicyclic) bond motifs is 1.